The summed E-state index contributed by atoms with van der Waals surface area (Å²) in [6.45, 7) is 13.1. The van der Waals surface area contributed by atoms with Gasteiger partial charge in [0.05, 0.1) is 5.41 Å². The van der Waals surface area contributed by atoms with Crippen molar-refractivity contribution < 1.29 is 14.3 Å². The molecule has 1 aromatic rings. The van der Waals surface area contributed by atoms with Crippen LogP contribution in [-0.2, 0) is 16.0 Å². The highest BCUT2D eigenvalue weighted by Crippen LogP contribution is 2.40. The maximum absolute atomic E-state index is 13.2. The average molecular weight is 374 g/mol. The Hall–Kier alpha value is -1.68. The highest BCUT2D eigenvalue weighted by atomic mass is 16.6. The number of carbonyl (C=O) groups excluding carboxylic acids is 2. The van der Waals surface area contributed by atoms with Crippen molar-refractivity contribution in [2.45, 2.75) is 65.9 Å². The normalized spacial score (nSPS) is 20.3. The quantitative estimate of drug-likeness (QED) is 0.497. The Labute approximate surface area is 164 Å². The number of esters is 1. The standard InChI is InChI=1S/C23H35NO3/c1-6-7-12-24-13-11-20(16-24)23(5,21(26)27-22(2,3)4)15-18-9-8-10-19(14-18)17-25/h8-10,14,17,20H,6-7,11-13,15-16H2,1-5H3/t20-,23?/m0/s1. The number of nitrogens with zero attached hydrogens (tertiary/aromatic N) is 1. The van der Waals surface area contributed by atoms with E-state index in [0.717, 1.165) is 37.9 Å². The number of carbonyl (C=O) groups is 2. The minimum Gasteiger partial charge on any atom is -0.460 e. The van der Waals surface area contributed by atoms with E-state index in [1.165, 1.54) is 12.8 Å². The number of ether oxygens (including phenoxy) is 1. The molecule has 0 saturated carbocycles. The fourth-order valence-electron chi connectivity index (χ4n) is 3.92. The Morgan fingerprint density at radius 2 is 2.04 bits per heavy atom. The van der Waals surface area contributed by atoms with Crippen molar-refractivity contribution in [2.24, 2.45) is 11.3 Å². The van der Waals surface area contributed by atoms with Gasteiger partial charge in [0, 0.05) is 12.1 Å². The molecule has 1 aliphatic heterocycles. The van der Waals surface area contributed by atoms with Crippen LogP contribution in [0.2, 0.25) is 0 Å². The fraction of sp³-hybridized carbons (Fsp3) is 0.652. The SMILES string of the molecule is CCCCN1CC[C@H](C(C)(Cc2cccc(C=O)c2)C(=O)OC(C)(C)C)C1. The van der Waals surface area contributed by atoms with Crippen LogP contribution < -0.4 is 0 Å². The Morgan fingerprint density at radius 3 is 2.67 bits per heavy atom. The van der Waals surface area contributed by atoms with Crippen LogP contribution in [0.1, 0.15) is 69.8 Å². The summed E-state index contributed by atoms with van der Waals surface area (Å²) < 4.78 is 5.83. The number of rotatable bonds is 8. The first-order chi connectivity index (χ1) is 12.7. The predicted molar refractivity (Wildman–Crippen MR) is 109 cm³/mol. The molecule has 4 nitrogen and oxygen atoms in total. The van der Waals surface area contributed by atoms with Gasteiger partial charge in [-0.1, -0.05) is 31.5 Å². The summed E-state index contributed by atoms with van der Waals surface area (Å²) in [6, 6.07) is 7.57. The van der Waals surface area contributed by atoms with Gasteiger partial charge in [-0.2, -0.15) is 0 Å². The van der Waals surface area contributed by atoms with Crippen molar-refractivity contribution in [1.82, 2.24) is 4.90 Å². The molecule has 0 aromatic heterocycles. The van der Waals surface area contributed by atoms with Crippen molar-refractivity contribution in [3.63, 3.8) is 0 Å². The van der Waals surface area contributed by atoms with Gasteiger partial charge in [-0.15, -0.1) is 0 Å². The Morgan fingerprint density at radius 1 is 1.30 bits per heavy atom. The van der Waals surface area contributed by atoms with E-state index in [2.05, 4.69) is 11.8 Å². The monoisotopic (exact) mass is 373 g/mol. The Bertz CT molecular complexity index is 649. The lowest BCUT2D eigenvalue weighted by molar-refractivity contribution is -0.170. The molecular weight excluding hydrogens is 338 g/mol. The first-order valence-electron chi connectivity index (χ1n) is 10.2. The highest BCUT2D eigenvalue weighted by molar-refractivity contribution is 5.78. The van der Waals surface area contributed by atoms with E-state index in [-0.39, 0.29) is 11.9 Å². The van der Waals surface area contributed by atoms with Crippen molar-refractivity contribution in [3.05, 3.63) is 35.4 Å². The molecule has 0 bridgehead atoms. The molecular formula is C23H35NO3. The lowest BCUT2D eigenvalue weighted by Gasteiger charge is -2.36. The third-order valence-electron chi connectivity index (χ3n) is 5.52. The molecule has 150 valence electrons. The van der Waals surface area contributed by atoms with Gasteiger partial charge in [-0.25, -0.2) is 0 Å². The lowest BCUT2D eigenvalue weighted by Crippen LogP contribution is -2.43. The maximum atomic E-state index is 13.2. The van der Waals surface area contributed by atoms with Gasteiger partial charge in [0.25, 0.3) is 0 Å². The van der Waals surface area contributed by atoms with Crippen LogP contribution in [0.3, 0.4) is 0 Å². The van der Waals surface area contributed by atoms with Gasteiger partial charge in [0.1, 0.15) is 11.9 Å². The zero-order valence-corrected chi connectivity index (χ0v) is 17.6. The van der Waals surface area contributed by atoms with Gasteiger partial charge < -0.3 is 9.64 Å². The molecule has 4 heteroatoms. The molecule has 0 spiro atoms. The first-order valence-corrected chi connectivity index (χ1v) is 10.2. The minimum absolute atomic E-state index is 0.131. The van der Waals surface area contributed by atoms with Crippen molar-refractivity contribution in [3.8, 4) is 0 Å². The van der Waals surface area contributed by atoms with E-state index in [1.54, 1.807) is 6.07 Å². The maximum Gasteiger partial charge on any atom is 0.312 e. The Kier molecular flexibility index (Phi) is 7.21. The van der Waals surface area contributed by atoms with Gasteiger partial charge in [-0.3, -0.25) is 9.59 Å². The molecule has 1 unspecified atom stereocenters. The lowest BCUT2D eigenvalue weighted by atomic mass is 9.72. The molecule has 0 amide bonds. The molecule has 27 heavy (non-hydrogen) atoms. The summed E-state index contributed by atoms with van der Waals surface area (Å²) in [4.78, 5) is 26.9. The van der Waals surface area contributed by atoms with Crippen LogP contribution in [0.5, 0.6) is 0 Å². The van der Waals surface area contributed by atoms with E-state index < -0.39 is 11.0 Å². The fourth-order valence-corrected chi connectivity index (χ4v) is 3.92. The number of hydrogen-bond donors (Lipinski definition) is 0. The molecule has 0 aliphatic carbocycles. The van der Waals surface area contributed by atoms with E-state index in [0.29, 0.717) is 12.0 Å². The summed E-state index contributed by atoms with van der Waals surface area (Å²) in [5.74, 6) is 0.123. The summed E-state index contributed by atoms with van der Waals surface area (Å²) in [7, 11) is 0. The van der Waals surface area contributed by atoms with Gasteiger partial charge >= 0.3 is 5.97 Å². The van der Waals surface area contributed by atoms with Gasteiger partial charge in [0.15, 0.2) is 0 Å². The van der Waals surface area contributed by atoms with Crippen LogP contribution in [0.4, 0.5) is 0 Å². The molecule has 2 atom stereocenters. The van der Waals surface area contributed by atoms with Crippen LogP contribution in [0.25, 0.3) is 0 Å². The summed E-state index contributed by atoms with van der Waals surface area (Å²) in [5.41, 5.74) is 0.550. The summed E-state index contributed by atoms with van der Waals surface area (Å²) in [5, 5.41) is 0. The molecule has 0 radical (unpaired) electrons. The molecule has 1 aliphatic rings. The van der Waals surface area contributed by atoms with E-state index in [4.69, 9.17) is 4.74 Å². The predicted octanol–water partition coefficient (Wildman–Crippen LogP) is 4.51. The zero-order chi connectivity index (χ0) is 20.1. The average Bonchev–Trinajstić information content (AvgIpc) is 3.08. The second-order valence-corrected chi connectivity index (χ2v) is 9.10. The zero-order valence-electron chi connectivity index (χ0n) is 17.6. The third kappa shape index (κ3) is 5.90. The number of unbranched alkanes of at least 4 members (excludes halogenated alkanes) is 1. The van der Waals surface area contributed by atoms with Crippen molar-refractivity contribution in [1.29, 1.82) is 0 Å². The van der Waals surface area contributed by atoms with Crippen LogP contribution in [0.15, 0.2) is 24.3 Å². The van der Waals surface area contributed by atoms with E-state index in [1.807, 2.05) is 45.9 Å². The molecule has 2 rings (SSSR count). The topological polar surface area (TPSA) is 46.6 Å². The van der Waals surface area contributed by atoms with Crippen LogP contribution in [0, 0.1) is 11.3 Å². The number of hydrogen-bond acceptors (Lipinski definition) is 4. The minimum atomic E-state index is -0.601. The number of likely N-dealkylation sites (tertiary alicyclic amines) is 1. The first kappa shape index (κ1) is 21.6. The summed E-state index contributed by atoms with van der Waals surface area (Å²) >= 11 is 0. The Balaban J connectivity index is 2.25. The number of aldehydes is 1. The molecule has 1 aromatic carbocycles. The van der Waals surface area contributed by atoms with Crippen molar-refractivity contribution >= 4 is 12.3 Å². The van der Waals surface area contributed by atoms with Crippen molar-refractivity contribution in [2.75, 3.05) is 19.6 Å². The molecule has 0 N–H and O–H groups in total. The van der Waals surface area contributed by atoms with Gasteiger partial charge in [-0.05, 0) is 77.6 Å². The smallest absolute Gasteiger partial charge is 0.312 e. The highest BCUT2D eigenvalue weighted by Gasteiger charge is 2.46. The van der Waals surface area contributed by atoms with E-state index >= 15 is 0 Å². The largest absolute Gasteiger partial charge is 0.460 e. The molecule has 1 heterocycles. The van der Waals surface area contributed by atoms with Crippen LogP contribution in [-0.4, -0.2) is 42.4 Å². The van der Waals surface area contributed by atoms with Gasteiger partial charge in [0.2, 0.25) is 0 Å². The summed E-state index contributed by atoms with van der Waals surface area (Å²) in [6.07, 6.45) is 4.83. The van der Waals surface area contributed by atoms with E-state index in [9.17, 15) is 9.59 Å². The second-order valence-electron chi connectivity index (χ2n) is 9.10. The molecule has 1 saturated heterocycles. The third-order valence-corrected chi connectivity index (χ3v) is 5.52. The molecule has 1 fully saturated rings. The second kappa shape index (κ2) is 9.01. The number of benzene rings is 1. The van der Waals surface area contributed by atoms with Crippen LogP contribution >= 0.6 is 0 Å².